The van der Waals surface area contributed by atoms with Crippen LogP contribution in [0.5, 0.6) is 0 Å². The molecule has 0 aliphatic carbocycles. The van der Waals surface area contributed by atoms with E-state index in [0.717, 1.165) is 0 Å². The van der Waals surface area contributed by atoms with Gasteiger partial charge in [-0.3, -0.25) is 4.79 Å². The van der Waals surface area contributed by atoms with Crippen LogP contribution < -0.4 is 0 Å². The third-order valence-electron chi connectivity index (χ3n) is 1.01. The summed E-state index contributed by atoms with van der Waals surface area (Å²) >= 11 is 0. The number of hydrogen-bond donors (Lipinski definition) is 1. The molecule has 0 fully saturated rings. The Balaban J connectivity index is 3.83. The van der Waals surface area contributed by atoms with Crippen molar-refractivity contribution in [3.8, 4) is 0 Å². The summed E-state index contributed by atoms with van der Waals surface area (Å²) in [6.07, 6.45) is 0.116. The molecule has 0 aromatic carbocycles. The van der Waals surface area contributed by atoms with E-state index in [-0.39, 0.29) is 0 Å². The first-order valence-electron chi connectivity index (χ1n) is 3.05. The molecule has 0 aliphatic rings. The van der Waals surface area contributed by atoms with Gasteiger partial charge in [-0.1, -0.05) is 6.58 Å². The van der Waals surface area contributed by atoms with Crippen LogP contribution in [0.1, 0.15) is 13.8 Å². The van der Waals surface area contributed by atoms with Crippen molar-refractivity contribution in [3.63, 3.8) is 0 Å². The van der Waals surface area contributed by atoms with Crippen molar-refractivity contribution in [1.82, 2.24) is 0 Å². The van der Waals surface area contributed by atoms with Gasteiger partial charge in [0.05, 0.1) is 6.10 Å². The number of esters is 1. The summed E-state index contributed by atoms with van der Waals surface area (Å²) in [4.78, 5) is 10.3. The van der Waals surface area contributed by atoms with Crippen LogP contribution >= 0.6 is 0 Å². The summed E-state index contributed by atoms with van der Waals surface area (Å²) in [5, 5.41) is 8.91. The predicted molar refractivity (Wildman–Crippen MR) is 37.4 cm³/mol. The fraction of sp³-hybridized carbons (Fsp3) is 0.571. The minimum Gasteiger partial charge on any atom is -0.456 e. The normalized spacial score (nSPS) is 15.5. The van der Waals surface area contributed by atoms with Gasteiger partial charge < -0.3 is 9.84 Å². The topological polar surface area (TPSA) is 46.5 Å². The van der Waals surface area contributed by atoms with Crippen LogP contribution in [0.15, 0.2) is 12.7 Å². The Morgan fingerprint density at radius 1 is 1.80 bits per heavy atom. The fourth-order valence-corrected chi connectivity index (χ4v) is 0.535. The molecule has 58 valence electrons. The number of aliphatic hydroxyl groups excluding tert-OH is 1. The molecule has 0 rings (SSSR count). The first kappa shape index (κ1) is 9.17. The number of carbonyl (C=O) groups is 1. The molecule has 0 heterocycles. The molecule has 0 aliphatic heterocycles. The Hall–Kier alpha value is -0.830. The summed E-state index contributed by atoms with van der Waals surface area (Å²) in [6, 6.07) is 0. The SMILES string of the molecule is C=C[C@@H](OC(C)=O)[C@@H](C)O. The second-order valence-corrected chi connectivity index (χ2v) is 2.05. The molecule has 3 nitrogen and oxygen atoms in total. The van der Waals surface area contributed by atoms with Crippen molar-refractivity contribution in [2.45, 2.75) is 26.1 Å². The van der Waals surface area contributed by atoms with E-state index in [9.17, 15) is 4.79 Å². The van der Waals surface area contributed by atoms with Crippen LogP contribution in [-0.4, -0.2) is 23.3 Å². The van der Waals surface area contributed by atoms with E-state index in [0.29, 0.717) is 0 Å². The lowest BCUT2D eigenvalue weighted by Gasteiger charge is -2.14. The summed E-state index contributed by atoms with van der Waals surface area (Å²) in [7, 11) is 0. The van der Waals surface area contributed by atoms with E-state index in [1.54, 1.807) is 0 Å². The van der Waals surface area contributed by atoms with Gasteiger partial charge >= 0.3 is 5.97 Å². The van der Waals surface area contributed by atoms with Gasteiger partial charge in [-0.25, -0.2) is 0 Å². The summed E-state index contributed by atoms with van der Waals surface area (Å²) in [6.45, 7) is 6.23. The fourth-order valence-electron chi connectivity index (χ4n) is 0.535. The number of ether oxygens (including phenoxy) is 1. The Labute approximate surface area is 60.3 Å². The van der Waals surface area contributed by atoms with E-state index in [1.807, 2.05) is 0 Å². The highest BCUT2D eigenvalue weighted by atomic mass is 16.6. The molecule has 2 atom stereocenters. The van der Waals surface area contributed by atoms with Crippen LogP contribution in [0.2, 0.25) is 0 Å². The van der Waals surface area contributed by atoms with E-state index in [4.69, 9.17) is 5.11 Å². The summed E-state index contributed by atoms with van der Waals surface area (Å²) in [5.74, 6) is -0.411. The third-order valence-corrected chi connectivity index (χ3v) is 1.01. The van der Waals surface area contributed by atoms with E-state index in [1.165, 1.54) is 19.9 Å². The molecular weight excluding hydrogens is 132 g/mol. The minimum atomic E-state index is -0.693. The highest BCUT2D eigenvalue weighted by Gasteiger charge is 2.12. The molecule has 3 heteroatoms. The Morgan fingerprint density at radius 2 is 2.30 bits per heavy atom. The van der Waals surface area contributed by atoms with Gasteiger partial charge in [-0.05, 0) is 13.0 Å². The molecule has 0 unspecified atom stereocenters. The van der Waals surface area contributed by atoms with Gasteiger partial charge in [-0.2, -0.15) is 0 Å². The first-order chi connectivity index (χ1) is 4.57. The lowest BCUT2D eigenvalue weighted by Crippen LogP contribution is -2.25. The molecule has 0 amide bonds. The average molecular weight is 144 g/mol. The largest absolute Gasteiger partial charge is 0.456 e. The van der Waals surface area contributed by atoms with Crippen molar-refractivity contribution >= 4 is 5.97 Å². The zero-order chi connectivity index (χ0) is 8.15. The maximum Gasteiger partial charge on any atom is 0.303 e. The van der Waals surface area contributed by atoms with Crippen molar-refractivity contribution in [2.24, 2.45) is 0 Å². The average Bonchev–Trinajstić information content (AvgIpc) is 1.81. The molecular formula is C7H12O3. The van der Waals surface area contributed by atoms with E-state index in [2.05, 4.69) is 11.3 Å². The summed E-state index contributed by atoms with van der Waals surface area (Å²) in [5.41, 5.74) is 0. The van der Waals surface area contributed by atoms with Gasteiger partial charge in [0.15, 0.2) is 0 Å². The maximum absolute atomic E-state index is 10.3. The van der Waals surface area contributed by atoms with Gasteiger partial charge in [0.25, 0.3) is 0 Å². The number of aliphatic hydroxyl groups is 1. The van der Waals surface area contributed by atoms with Gasteiger partial charge in [0.2, 0.25) is 0 Å². The minimum absolute atomic E-state index is 0.411. The zero-order valence-corrected chi connectivity index (χ0v) is 6.20. The molecule has 0 bridgehead atoms. The van der Waals surface area contributed by atoms with Crippen molar-refractivity contribution < 1.29 is 14.6 Å². The Bertz CT molecular complexity index is 129. The van der Waals surface area contributed by atoms with Gasteiger partial charge in [-0.15, -0.1) is 0 Å². The summed E-state index contributed by atoms with van der Waals surface area (Å²) < 4.78 is 4.65. The molecule has 0 saturated heterocycles. The second-order valence-electron chi connectivity index (χ2n) is 2.05. The smallest absolute Gasteiger partial charge is 0.303 e. The highest BCUT2D eigenvalue weighted by Crippen LogP contribution is 1.99. The van der Waals surface area contributed by atoms with Crippen LogP contribution in [-0.2, 0) is 9.53 Å². The van der Waals surface area contributed by atoms with Crippen LogP contribution in [0.25, 0.3) is 0 Å². The van der Waals surface area contributed by atoms with Crippen molar-refractivity contribution in [3.05, 3.63) is 12.7 Å². The highest BCUT2D eigenvalue weighted by molar-refractivity contribution is 5.66. The Morgan fingerprint density at radius 3 is 2.40 bits per heavy atom. The third kappa shape index (κ3) is 3.25. The molecule has 0 radical (unpaired) electrons. The lowest BCUT2D eigenvalue weighted by atomic mass is 10.2. The van der Waals surface area contributed by atoms with E-state index < -0.39 is 18.2 Å². The molecule has 0 saturated carbocycles. The zero-order valence-electron chi connectivity index (χ0n) is 6.20. The molecule has 0 spiro atoms. The van der Waals surface area contributed by atoms with Gasteiger partial charge in [0.1, 0.15) is 6.10 Å². The quantitative estimate of drug-likeness (QED) is 0.463. The predicted octanol–water partition coefficient (Wildman–Crippen LogP) is 0.485. The molecule has 1 N–H and O–H groups in total. The molecule has 10 heavy (non-hydrogen) atoms. The van der Waals surface area contributed by atoms with E-state index >= 15 is 0 Å². The Kier molecular flexibility index (Phi) is 3.72. The standard InChI is InChI=1S/C7H12O3/c1-4-7(5(2)8)10-6(3)9/h4-5,7-8H,1H2,2-3H3/t5-,7-/m1/s1. The monoisotopic (exact) mass is 144 g/mol. The molecule has 0 aromatic heterocycles. The maximum atomic E-state index is 10.3. The second kappa shape index (κ2) is 4.06. The van der Waals surface area contributed by atoms with Gasteiger partial charge in [0, 0.05) is 6.92 Å². The van der Waals surface area contributed by atoms with Crippen molar-refractivity contribution in [2.75, 3.05) is 0 Å². The van der Waals surface area contributed by atoms with Crippen LogP contribution in [0.3, 0.4) is 0 Å². The number of rotatable bonds is 3. The number of hydrogen-bond acceptors (Lipinski definition) is 3. The molecule has 0 aromatic rings. The lowest BCUT2D eigenvalue weighted by molar-refractivity contribution is -0.148. The number of carbonyl (C=O) groups excluding carboxylic acids is 1. The first-order valence-corrected chi connectivity index (χ1v) is 3.05. The van der Waals surface area contributed by atoms with Crippen molar-refractivity contribution in [1.29, 1.82) is 0 Å². The van der Waals surface area contributed by atoms with Crippen LogP contribution in [0, 0.1) is 0 Å². The van der Waals surface area contributed by atoms with Crippen LogP contribution in [0.4, 0.5) is 0 Å².